The second-order valence-electron chi connectivity index (χ2n) is 18.0. The molecule has 73 heavy (non-hydrogen) atoms. The van der Waals surface area contributed by atoms with Crippen LogP contribution in [0.3, 0.4) is 0 Å². The van der Waals surface area contributed by atoms with Crippen LogP contribution in [-0.4, -0.2) is 33.2 Å². The van der Waals surface area contributed by atoms with Gasteiger partial charge in [-0.2, -0.15) is 6.07 Å². The average Bonchev–Trinajstić information content (AvgIpc) is 4.24. The molecule has 0 aliphatic rings. The van der Waals surface area contributed by atoms with Gasteiger partial charge in [-0.3, -0.25) is 0 Å². The van der Waals surface area contributed by atoms with Crippen LogP contribution >= 0.6 is 0 Å². The number of hydrogen-bond acceptors (Lipinski definition) is 4. The SMILES string of the molecule is [2H]C([2H])([2H])c1cc(-n2c3[c-]c(Oc4[c-]c(-n5c6ccccc6c6cccnc65)cnc4)ccc3c3ccccc32)ncc1-c1c(-n2c3ccccc3c3ccccc32)cccc1-n1c2ccccc2c2ccccc21.[Pt+2]. The second-order valence-corrected chi connectivity index (χ2v) is 18.0. The van der Waals surface area contributed by atoms with Gasteiger partial charge in [0.05, 0.1) is 39.0 Å². The summed E-state index contributed by atoms with van der Waals surface area (Å²) in [4.78, 5) is 14.6. The summed E-state index contributed by atoms with van der Waals surface area (Å²) in [6.45, 7) is -2.59. The fourth-order valence-electron chi connectivity index (χ4n) is 11.2. The molecule has 15 rings (SSSR count). The van der Waals surface area contributed by atoms with E-state index in [9.17, 15) is 4.11 Å². The smallest absolute Gasteiger partial charge is 0.508 e. The van der Waals surface area contributed by atoms with Crippen molar-refractivity contribution in [3.05, 3.63) is 237 Å². The van der Waals surface area contributed by atoms with Crippen LogP contribution in [0.1, 0.15) is 9.68 Å². The first kappa shape index (κ1) is 39.6. The summed E-state index contributed by atoms with van der Waals surface area (Å²) in [5.41, 5.74) is 11.0. The molecule has 0 saturated carbocycles. The molecule has 0 N–H and O–H groups in total. The minimum Gasteiger partial charge on any atom is -0.508 e. The molecule has 346 valence electrons. The molecule has 0 atom stereocenters. The molecule has 0 spiro atoms. The van der Waals surface area contributed by atoms with Crippen molar-refractivity contribution in [2.24, 2.45) is 0 Å². The van der Waals surface area contributed by atoms with Crippen molar-refractivity contribution in [2.75, 3.05) is 0 Å². The van der Waals surface area contributed by atoms with Crippen LogP contribution in [0.4, 0.5) is 0 Å². The van der Waals surface area contributed by atoms with E-state index in [0.29, 0.717) is 34.1 Å². The second kappa shape index (κ2) is 16.8. The van der Waals surface area contributed by atoms with Gasteiger partial charge in [-0.25, -0.2) is 9.97 Å². The first-order valence-corrected chi connectivity index (χ1v) is 23.8. The molecule has 0 aliphatic carbocycles. The van der Waals surface area contributed by atoms with E-state index >= 15 is 0 Å². The van der Waals surface area contributed by atoms with Gasteiger partial charge in [0.15, 0.2) is 0 Å². The van der Waals surface area contributed by atoms with Crippen molar-refractivity contribution in [1.82, 2.24) is 33.2 Å². The Balaban J connectivity index is 0.00000528. The van der Waals surface area contributed by atoms with E-state index in [2.05, 4.69) is 166 Å². The molecular weight excluding hydrogens is 1080 g/mol. The molecule has 9 heteroatoms. The summed E-state index contributed by atoms with van der Waals surface area (Å²) in [5, 5.41) is 8.34. The molecule has 0 amide bonds. The van der Waals surface area contributed by atoms with Crippen LogP contribution in [0.2, 0.25) is 0 Å². The predicted octanol–water partition coefficient (Wildman–Crippen LogP) is 15.6. The van der Waals surface area contributed by atoms with Crippen LogP contribution in [0.25, 0.3) is 121 Å². The molecule has 0 unspecified atom stereocenters. The maximum atomic E-state index is 9.38. The topological polar surface area (TPSA) is 67.6 Å². The monoisotopic (exact) mass is 1120 g/mol. The molecule has 0 saturated heterocycles. The maximum Gasteiger partial charge on any atom is 2.00 e. The van der Waals surface area contributed by atoms with Crippen molar-refractivity contribution < 1.29 is 29.9 Å². The molecule has 0 fully saturated rings. The number of aromatic nitrogens is 7. The van der Waals surface area contributed by atoms with Crippen LogP contribution < -0.4 is 4.74 Å². The zero-order valence-electron chi connectivity index (χ0n) is 41.6. The fourth-order valence-corrected chi connectivity index (χ4v) is 11.2. The van der Waals surface area contributed by atoms with E-state index < -0.39 is 6.85 Å². The fraction of sp³-hybridized carbons (Fsp3) is 0.0156. The number of pyridine rings is 3. The number of benzene rings is 8. The van der Waals surface area contributed by atoms with E-state index in [1.165, 1.54) is 0 Å². The predicted molar refractivity (Wildman–Crippen MR) is 292 cm³/mol. The van der Waals surface area contributed by atoms with Crippen molar-refractivity contribution in [2.45, 2.75) is 6.85 Å². The largest absolute Gasteiger partial charge is 2.00 e. The Bertz CT molecular complexity index is 4540. The summed E-state index contributed by atoms with van der Waals surface area (Å²) in [6.07, 6.45) is 6.92. The van der Waals surface area contributed by atoms with Gasteiger partial charge in [0.25, 0.3) is 0 Å². The molecular formula is C64H39N7OPt. The zero-order valence-corrected chi connectivity index (χ0v) is 40.9. The quantitative estimate of drug-likeness (QED) is 0.149. The summed E-state index contributed by atoms with van der Waals surface area (Å²) < 4.78 is 43.3. The van der Waals surface area contributed by atoms with Gasteiger partial charge in [-0.15, -0.1) is 23.6 Å². The van der Waals surface area contributed by atoms with Gasteiger partial charge < -0.3 is 28.0 Å². The number of ether oxygens (including phenoxy) is 1. The minimum absolute atomic E-state index is 0. The van der Waals surface area contributed by atoms with E-state index in [1.54, 1.807) is 30.9 Å². The molecule has 8 aromatic carbocycles. The van der Waals surface area contributed by atoms with Gasteiger partial charge in [-0.1, -0.05) is 127 Å². The Morgan fingerprint density at radius 3 is 1.52 bits per heavy atom. The van der Waals surface area contributed by atoms with Crippen LogP contribution in [-0.2, 0) is 21.1 Å². The molecule has 7 aromatic heterocycles. The zero-order chi connectivity index (χ0) is 49.9. The normalized spacial score (nSPS) is 12.6. The summed E-state index contributed by atoms with van der Waals surface area (Å²) in [6, 6.07) is 72.7. The van der Waals surface area contributed by atoms with E-state index in [-0.39, 0.29) is 26.6 Å². The third kappa shape index (κ3) is 6.47. The van der Waals surface area contributed by atoms with Gasteiger partial charge >= 0.3 is 21.1 Å². The van der Waals surface area contributed by atoms with Crippen molar-refractivity contribution in [1.29, 1.82) is 0 Å². The first-order chi connectivity index (χ1) is 36.9. The molecule has 7 heterocycles. The summed E-state index contributed by atoms with van der Waals surface area (Å²) in [7, 11) is 0. The van der Waals surface area contributed by atoms with Crippen molar-refractivity contribution >= 4 is 87.4 Å². The molecule has 0 bridgehead atoms. The van der Waals surface area contributed by atoms with Crippen molar-refractivity contribution in [3.8, 4) is 45.5 Å². The number of aryl methyl sites for hydroxylation is 1. The number of para-hydroxylation sites is 6. The van der Waals surface area contributed by atoms with Gasteiger partial charge in [0.2, 0.25) is 0 Å². The summed E-state index contributed by atoms with van der Waals surface area (Å²) in [5.74, 6) is 1.23. The van der Waals surface area contributed by atoms with Gasteiger partial charge in [0, 0.05) is 77.0 Å². The minimum atomic E-state index is -2.59. The van der Waals surface area contributed by atoms with Crippen LogP contribution in [0.5, 0.6) is 11.5 Å². The first-order valence-electron chi connectivity index (χ1n) is 25.3. The Morgan fingerprint density at radius 2 is 0.945 bits per heavy atom. The molecule has 0 radical (unpaired) electrons. The molecule has 8 nitrogen and oxygen atoms in total. The van der Waals surface area contributed by atoms with Gasteiger partial charge in [0.1, 0.15) is 11.5 Å². The van der Waals surface area contributed by atoms with E-state index in [4.69, 9.17) is 14.7 Å². The Kier molecular flexibility index (Phi) is 9.09. The van der Waals surface area contributed by atoms with E-state index in [0.717, 1.165) is 98.8 Å². The standard InChI is InChI=1S/C64H39N7O.Pt/c1-40-34-62(71-58-28-13-6-20-48(58)50-32-31-42(36-61(50)71)72-43-35-41(37-65-38-43)68-53-23-8-7-21-49(53)51-22-15-33-66-64(51)68)67-39-52(40)63-59(69-54-24-9-2-16-44(54)45-17-3-10-25-55(45)69)29-14-30-60(63)70-56-26-11-4-18-46(56)47-19-5-12-27-57(47)70;/h2-34,37-39H,1H3;/q-2;+2/i1D3;. The number of fused-ring (bicyclic) bond motifs is 12. The number of hydrogen-bond donors (Lipinski definition) is 0. The molecule has 0 aliphatic heterocycles. The van der Waals surface area contributed by atoms with Crippen LogP contribution in [0, 0.1) is 19.0 Å². The number of rotatable bonds is 7. The van der Waals surface area contributed by atoms with Crippen LogP contribution in [0.15, 0.2) is 219 Å². The maximum absolute atomic E-state index is 9.38. The average molecular weight is 1120 g/mol. The van der Waals surface area contributed by atoms with E-state index in [1.807, 2.05) is 57.7 Å². The van der Waals surface area contributed by atoms with Gasteiger partial charge in [-0.05, 0) is 96.4 Å². The Morgan fingerprint density at radius 1 is 0.438 bits per heavy atom. The Labute approximate surface area is 437 Å². The summed E-state index contributed by atoms with van der Waals surface area (Å²) >= 11 is 0. The third-order valence-corrected chi connectivity index (χ3v) is 14.1. The number of nitrogens with zero attached hydrogens (tertiary/aromatic N) is 7. The molecule has 15 aromatic rings. The third-order valence-electron chi connectivity index (χ3n) is 14.1. The van der Waals surface area contributed by atoms with Crippen molar-refractivity contribution in [3.63, 3.8) is 0 Å². The Hall–Kier alpha value is -9.10.